The van der Waals surface area contributed by atoms with Gasteiger partial charge in [0.05, 0.1) is 57.0 Å². The van der Waals surface area contributed by atoms with E-state index in [9.17, 15) is 12.9 Å². The average molecular weight is 1560 g/mol. The molecule has 0 amide bonds. The van der Waals surface area contributed by atoms with Crippen molar-refractivity contribution in [1.82, 2.24) is 0 Å². The molecule has 0 heterocycles. The van der Waals surface area contributed by atoms with Crippen molar-refractivity contribution in [2.45, 2.75) is 314 Å². The standard InChI is InChI=1S/3C13H18O.3C9H21P.C2H3N.2CH4.2CH3.BF3.FH.3Pd/c3*1-8(2)14-13-7-9-6-12(13)11-5-3-4-10(9)11;3*1-7(2)10(8(3)4)9(5)6;1-2-3;;;;;2-1(3)4;;;;/h3*3,7-13H,5-6H2,1-2H3;3*7-9H,1-6H3;1H3;2*1H4;2*1H3;;1H;;;/q3*-2;;;;;;;2*-1;;;;;+2/p+2. The van der Waals surface area contributed by atoms with Gasteiger partial charge in [-0.25, -0.2) is 0 Å². The van der Waals surface area contributed by atoms with Crippen molar-refractivity contribution in [3.05, 3.63) is 70.6 Å². The van der Waals surface area contributed by atoms with Crippen molar-refractivity contribution in [3.63, 3.8) is 0 Å². The van der Waals surface area contributed by atoms with Crippen molar-refractivity contribution < 1.29 is 93.1 Å². The molecule has 0 aromatic rings. The Morgan fingerprint density at radius 2 is 0.586 bits per heavy atom. The molecule has 9 aliphatic carbocycles. The zero-order valence-corrected chi connectivity index (χ0v) is 66.2. The van der Waals surface area contributed by atoms with E-state index in [1.165, 1.54) is 45.4 Å². The van der Waals surface area contributed by atoms with Crippen LogP contribution in [0.15, 0.2) is 18.2 Å². The summed E-state index contributed by atoms with van der Waals surface area (Å²) >= 11 is 0. The maximum Gasteiger partial charge on any atom is 2.00 e. The molecular formula is C72H137BF4NO3P3Pd3-4. The molecule has 0 aliphatic heterocycles. The van der Waals surface area contributed by atoms with Gasteiger partial charge in [-0.1, -0.05) is 89.4 Å². The van der Waals surface area contributed by atoms with Crippen LogP contribution in [0.4, 0.5) is 12.9 Å². The number of halogens is 4. The molecule has 15 atom stereocenters. The van der Waals surface area contributed by atoms with Gasteiger partial charge in [-0.15, -0.1) is 0 Å². The van der Waals surface area contributed by atoms with E-state index in [0.717, 1.165) is 122 Å². The van der Waals surface area contributed by atoms with E-state index < -0.39 is 7.54 Å². The molecule has 0 N–H and O–H groups in total. The van der Waals surface area contributed by atoms with Crippen molar-refractivity contribution in [1.29, 1.82) is 5.26 Å². The third kappa shape index (κ3) is 33.0. The Labute approximate surface area is 586 Å². The number of ether oxygens (including phenoxy) is 3. The van der Waals surface area contributed by atoms with Crippen LogP contribution in [-0.2, 0) is 75.5 Å². The van der Waals surface area contributed by atoms with Crippen LogP contribution in [0.25, 0.3) is 0 Å². The van der Waals surface area contributed by atoms with Gasteiger partial charge >= 0.3 is 28.0 Å². The summed E-state index contributed by atoms with van der Waals surface area (Å²) in [5, 5.41) is 7.32. The molecule has 0 spiro atoms. The third-order valence-electron chi connectivity index (χ3n) is 18.0. The second-order valence-corrected chi connectivity index (χ2v) is 41.4. The summed E-state index contributed by atoms with van der Waals surface area (Å²) in [5.41, 5.74) is 8.42. The topological polar surface area (TPSA) is 51.5 Å². The summed E-state index contributed by atoms with van der Waals surface area (Å²) in [4.78, 5) is 0. The first-order chi connectivity index (χ1) is 36.8. The molecule has 15 heteroatoms. The van der Waals surface area contributed by atoms with Crippen LogP contribution >= 0.6 is 23.8 Å². The smallest absolute Gasteiger partial charge is 1.00 e. The summed E-state index contributed by atoms with van der Waals surface area (Å²) < 4.78 is 46.9. The van der Waals surface area contributed by atoms with E-state index in [2.05, 4.69) is 222 Å². The van der Waals surface area contributed by atoms with Crippen LogP contribution in [0, 0.1) is 135 Å². The first-order valence-electron chi connectivity index (χ1n) is 31.9. The van der Waals surface area contributed by atoms with E-state index in [0.29, 0.717) is 36.6 Å². The Bertz CT molecular complexity index is 1560. The monoisotopic (exact) mass is 1560 g/mol. The Kier molecular flexibility index (Phi) is 59.8. The van der Waals surface area contributed by atoms with Gasteiger partial charge in [-0.2, -0.15) is 40.8 Å². The van der Waals surface area contributed by atoms with Crippen LogP contribution in [0.2, 0.25) is 0 Å². The average Bonchev–Trinajstić information content (AvgIpc) is 4.13. The molecule has 0 aromatic heterocycles. The molecule has 6 saturated carbocycles. The number of nitriles is 1. The quantitative estimate of drug-likeness (QED) is 0.0710. The Morgan fingerprint density at radius 3 is 0.713 bits per heavy atom. The van der Waals surface area contributed by atoms with Crippen LogP contribution in [0.5, 0.6) is 0 Å². The molecule has 0 aromatic carbocycles. The maximum atomic E-state index is 9.67. The molecule has 87 heavy (non-hydrogen) atoms. The first kappa shape index (κ1) is 102. The van der Waals surface area contributed by atoms with Gasteiger partial charge in [-0.3, -0.25) is 50.4 Å². The van der Waals surface area contributed by atoms with Gasteiger partial charge in [0, 0.05) is 89.8 Å². The first-order valence-corrected chi connectivity index (χ1v) is 37.1. The number of rotatable bonds is 15. The number of allylic oxidation sites excluding steroid dienone is 6. The molecule has 9 aliphatic rings. The Hall–Kier alpha value is 1.65. The normalized spacial score (nSPS) is 28.5. The molecule has 15 unspecified atom stereocenters. The van der Waals surface area contributed by atoms with Gasteiger partial charge in [0.15, 0.2) is 0 Å². The van der Waals surface area contributed by atoms with E-state index >= 15 is 0 Å². The molecule has 4 nitrogen and oxygen atoms in total. The molecule has 6 fully saturated rings. The summed E-state index contributed by atoms with van der Waals surface area (Å²) in [6.45, 7) is 56.9. The minimum absolute atomic E-state index is 0. The molecule has 6 bridgehead atoms. The van der Waals surface area contributed by atoms with Crippen LogP contribution < -0.4 is 4.70 Å². The van der Waals surface area contributed by atoms with E-state index in [1.54, 1.807) is 6.07 Å². The van der Waals surface area contributed by atoms with Crippen LogP contribution in [0.3, 0.4) is 0 Å². The number of nitrogens with zero attached hydrogens (tertiary/aromatic N) is 1. The zero-order chi connectivity index (χ0) is 60.3. The molecule has 528 valence electrons. The fourth-order valence-electron chi connectivity index (χ4n) is 16.7. The van der Waals surface area contributed by atoms with E-state index in [-0.39, 0.29) is 119 Å². The van der Waals surface area contributed by atoms with Crippen molar-refractivity contribution in [2.24, 2.45) is 71.0 Å². The van der Waals surface area contributed by atoms with E-state index in [4.69, 9.17) is 19.5 Å². The van der Waals surface area contributed by atoms with Gasteiger partial charge in [0.2, 0.25) is 0 Å². The second-order valence-electron chi connectivity index (χ2n) is 28.0. The maximum absolute atomic E-state index is 9.67. The molecular weight excluding hydrogens is 1430 g/mol. The van der Waals surface area contributed by atoms with Gasteiger partial charge in [0.1, 0.15) is 0 Å². The van der Waals surface area contributed by atoms with Gasteiger partial charge < -0.3 is 52.0 Å². The summed E-state index contributed by atoms with van der Waals surface area (Å²) in [5.74, 6) is 9.48. The fraction of sp³-hybridized carbons (Fsp3) is 0.833. The predicted molar refractivity (Wildman–Crippen MR) is 374 cm³/mol. The second kappa shape index (κ2) is 51.0. The van der Waals surface area contributed by atoms with E-state index in [1.807, 2.05) is 0 Å². The summed E-state index contributed by atoms with van der Waals surface area (Å²) in [7, 11) is -3.95. The largest absolute Gasteiger partial charge is 2.00 e. The van der Waals surface area contributed by atoms with Crippen molar-refractivity contribution >= 4 is 31.3 Å². The molecule has 0 saturated heterocycles. The minimum atomic E-state index is -3.67. The zero-order valence-electron chi connectivity index (χ0n) is 58.5. The minimum Gasteiger partial charge on any atom is -1.00 e. The summed E-state index contributed by atoms with van der Waals surface area (Å²) in [6, 6.07) is 1.75. The number of hydrogen-bond donors (Lipinski definition) is 0. The Balaban J connectivity index is -0.000000171. The van der Waals surface area contributed by atoms with Crippen molar-refractivity contribution in [3.8, 4) is 6.07 Å². The van der Waals surface area contributed by atoms with Gasteiger partial charge in [-0.05, 0) is 184 Å². The summed E-state index contributed by atoms with van der Waals surface area (Å²) in [6.07, 6.45) is 34.8. The Morgan fingerprint density at radius 1 is 0.425 bits per heavy atom. The predicted octanol–water partition coefficient (Wildman–Crippen LogP) is 18.7. The number of fused-ring (bicyclic) bond motifs is 15. The SMILES string of the molecule is C.C.CC#N.CC(C)OC1[CH-]C2CC1C1CC=[C-]C21.CC(C)OC1[CH-]C2CC1C1CC=[C-]C21.CC(C)OC1[CH-]C2CC1C1CC=[C-]C21.CC(C)[PH+](C(C)C)C(C)C.CC(C)[PH+](C(C)C)C(C)C.CC(C)[PH+](C(C)C)C(C)C.FB(F)F.[CH3-].[CH3-].[F-].[Pd+2].[Pd].[Pd]. The van der Waals surface area contributed by atoms with Crippen molar-refractivity contribution in [2.75, 3.05) is 0 Å². The fourth-order valence-corrected chi connectivity index (χ4v) is 28.7. The number of hydrogen-bond acceptors (Lipinski definition) is 4. The molecule has 0 radical (unpaired) electrons. The van der Waals surface area contributed by atoms with Crippen LogP contribution in [0.1, 0.15) is 226 Å². The third-order valence-corrected chi connectivity index (χ3v) is 30.0. The van der Waals surface area contributed by atoms with Gasteiger partial charge in [0.25, 0.3) is 0 Å². The molecule has 9 rings (SSSR count). The van der Waals surface area contributed by atoms with Crippen LogP contribution in [-0.4, -0.2) is 95.1 Å².